The van der Waals surface area contributed by atoms with E-state index in [2.05, 4.69) is 20.9 Å². The zero-order valence-corrected chi connectivity index (χ0v) is 15.7. The summed E-state index contributed by atoms with van der Waals surface area (Å²) >= 11 is 0. The Hall–Kier alpha value is -2.98. The minimum Gasteiger partial charge on any atom is -0.338 e. The van der Waals surface area contributed by atoms with Crippen LogP contribution < -0.4 is 4.90 Å². The zero-order chi connectivity index (χ0) is 19.2. The minimum atomic E-state index is -0.227. The van der Waals surface area contributed by atoms with Gasteiger partial charge in [0.1, 0.15) is 0 Å². The maximum atomic E-state index is 12.9. The third kappa shape index (κ3) is 4.60. The van der Waals surface area contributed by atoms with Crippen molar-refractivity contribution in [3.05, 3.63) is 53.9 Å². The Morgan fingerprint density at radius 3 is 2.59 bits per heavy atom. The van der Waals surface area contributed by atoms with E-state index in [1.165, 1.54) is 0 Å². The normalized spacial score (nSPS) is 15.5. The Labute approximate surface area is 159 Å². The first-order valence-electron chi connectivity index (χ1n) is 9.08. The summed E-state index contributed by atoms with van der Waals surface area (Å²) in [4.78, 5) is 27.5. The van der Waals surface area contributed by atoms with Crippen molar-refractivity contribution in [3.63, 3.8) is 0 Å². The number of rotatable bonds is 5. The molecule has 140 valence electrons. The summed E-state index contributed by atoms with van der Waals surface area (Å²) in [6.07, 6.45) is 3.47. The van der Waals surface area contributed by atoms with Crippen LogP contribution >= 0.6 is 0 Å². The lowest BCUT2D eigenvalue weighted by Gasteiger charge is -2.37. The molecule has 1 aliphatic rings. The summed E-state index contributed by atoms with van der Waals surface area (Å²) in [6.45, 7) is 5.36. The highest BCUT2D eigenvalue weighted by Gasteiger charge is 2.27. The van der Waals surface area contributed by atoms with E-state index in [4.69, 9.17) is 5.26 Å². The number of benzene rings is 1. The fourth-order valence-corrected chi connectivity index (χ4v) is 3.20. The summed E-state index contributed by atoms with van der Waals surface area (Å²) in [6, 6.07) is 11.2. The molecule has 2 aromatic rings. The molecule has 1 saturated heterocycles. The maximum Gasteiger partial charge on any atom is 0.239 e. The quantitative estimate of drug-likeness (QED) is 0.801. The van der Waals surface area contributed by atoms with E-state index < -0.39 is 0 Å². The Morgan fingerprint density at radius 2 is 1.93 bits per heavy atom. The summed E-state index contributed by atoms with van der Waals surface area (Å²) < 4.78 is 0. The second-order valence-corrected chi connectivity index (χ2v) is 6.76. The number of hydrogen-bond donors (Lipinski definition) is 0. The molecule has 1 fully saturated rings. The predicted octanol–water partition coefficient (Wildman–Crippen LogP) is 1.52. The van der Waals surface area contributed by atoms with Crippen molar-refractivity contribution < 1.29 is 4.79 Å². The van der Waals surface area contributed by atoms with Gasteiger partial charge in [-0.25, -0.2) is 9.97 Å². The van der Waals surface area contributed by atoms with Crippen molar-refractivity contribution in [1.29, 1.82) is 5.26 Å². The van der Waals surface area contributed by atoms with Gasteiger partial charge in [0.05, 0.1) is 17.7 Å². The van der Waals surface area contributed by atoms with Gasteiger partial charge in [-0.05, 0) is 37.7 Å². The van der Waals surface area contributed by atoms with Crippen LogP contribution in [0, 0.1) is 11.3 Å². The molecular formula is C20H24N6O. The molecule has 2 heterocycles. The van der Waals surface area contributed by atoms with Crippen LogP contribution in [0.3, 0.4) is 0 Å². The topological polar surface area (TPSA) is 76.4 Å². The lowest BCUT2D eigenvalue weighted by Crippen LogP contribution is -2.53. The van der Waals surface area contributed by atoms with Crippen LogP contribution in [0.25, 0.3) is 0 Å². The van der Waals surface area contributed by atoms with Gasteiger partial charge in [0.25, 0.3) is 0 Å². The number of piperazine rings is 1. The lowest BCUT2D eigenvalue weighted by atomic mass is 10.1. The van der Waals surface area contributed by atoms with Gasteiger partial charge in [0, 0.05) is 45.1 Å². The van der Waals surface area contributed by atoms with Gasteiger partial charge in [-0.15, -0.1) is 0 Å². The zero-order valence-electron chi connectivity index (χ0n) is 15.7. The van der Waals surface area contributed by atoms with Crippen LogP contribution in [-0.2, 0) is 11.3 Å². The number of hydrogen-bond acceptors (Lipinski definition) is 6. The first-order chi connectivity index (χ1) is 13.1. The third-order valence-corrected chi connectivity index (χ3v) is 4.93. The molecule has 1 aliphatic heterocycles. The van der Waals surface area contributed by atoms with E-state index in [9.17, 15) is 4.79 Å². The second-order valence-electron chi connectivity index (χ2n) is 6.76. The molecule has 0 N–H and O–H groups in total. The van der Waals surface area contributed by atoms with Gasteiger partial charge in [0.15, 0.2) is 0 Å². The predicted molar refractivity (Wildman–Crippen MR) is 103 cm³/mol. The number of anilines is 1. The molecule has 0 spiro atoms. The first-order valence-corrected chi connectivity index (χ1v) is 9.08. The molecule has 1 aromatic carbocycles. The number of aromatic nitrogens is 2. The SMILES string of the molecule is CC(C(=O)N1CCN(c2ncccn2)CC1)N(C)Cc1cccc(C#N)c1. The molecule has 3 rings (SSSR count). The Morgan fingerprint density at radius 1 is 1.22 bits per heavy atom. The van der Waals surface area contributed by atoms with Crippen LogP contribution in [0.15, 0.2) is 42.7 Å². The average molecular weight is 364 g/mol. The van der Waals surface area contributed by atoms with E-state index in [-0.39, 0.29) is 11.9 Å². The Balaban J connectivity index is 1.55. The number of carbonyl (C=O) groups excluding carboxylic acids is 1. The van der Waals surface area contributed by atoms with E-state index >= 15 is 0 Å². The van der Waals surface area contributed by atoms with Crippen LogP contribution in [0.1, 0.15) is 18.1 Å². The fraction of sp³-hybridized carbons (Fsp3) is 0.400. The molecular weight excluding hydrogens is 340 g/mol. The summed E-state index contributed by atoms with van der Waals surface area (Å²) in [5, 5.41) is 9.03. The molecule has 1 aromatic heterocycles. The number of carbonyl (C=O) groups is 1. The minimum absolute atomic E-state index is 0.127. The number of amides is 1. The molecule has 1 amide bonds. The first kappa shape index (κ1) is 18.8. The van der Waals surface area contributed by atoms with E-state index in [0.717, 1.165) is 18.7 Å². The fourth-order valence-electron chi connectivity index (χ4n) is 3.20. The van der Waals surface area contributed by atoms with Gasteiger partial charge in [0.2, 0.25) is 11.9 Å². The van der Waals surface area contributed by atoms with Crippen LogP contribution in [0.5, 0.6) is 0 Å². The molecule has 7 nitrogen and oxygen atoms in total. The van der Waals surface area contributed by atoms with Crippen molar-refractivity contribution in [3.8, 4) is 6.07 Å². The highest BCUT2D eigenvalue weighted by Crippen LogP contribution is 2.14. The van der Waals surface area contributed by atoms with Gasteiger partial charge in [-0.1, -0.05) is 12.1 Å². The monoisotopic (exact) mass is 364 g/mol. The summed E-state index contributed by atoms with van der Waals surface area (Å²) in [5.74, 6) is 0.842. The van der Waals surface area contributed by atoms with Crippen LogP contribution in [0.4, 0.5) is 5.95 Å². The van der Waals surface area contributed by atoms with Crippen molar-refractivity contribution in [1.82, 2.24) is 19.8 Å². The van der Waals surface area contributed by atoms with Crippen molar-refractivity contribution in [2.75, 3.05) is 38.1 Å². The number of nitriles is 1. The smallest absolute Gasteiger partial charge is 0.239 e. The number of likely N-dealkylation sites (N-methyl/N-ethyl adjacent to an activating group) is 1. The second kappa shape index (κ2) is 8.60. The van der Waals surface area contributed by atoms with Crippen LogP contribution in [-0.4, -0.2) is 64.9 Å². The van der Waals surface area contributed by atoms with Crippen molar-refractivity contribution in [2.24, 2.45) is 0 Å². The molecule has 1 atom stereocenters. The van der Waals surface area contributed by atoms with Crippen molar-refractivity contribution in [2.45, 2.75) is 19.5 Å². The summed E-state index contributed by atoms with van der Waals surface area (Å²) in [5.41, 5.74) is 1.67. The Bertz CT molecular complexity index is 811. The maximum absolute atomic E-state index is 12.9. The third-order valence-electron chi connectivity index (χ3n) is 4.93. The Kier molecular flexibility index (Phi) is 5.99. The standard InChI is InChI=1S/C20H24N6O/c1-16(24(2)15-18-6-3-5-17(13-18)14-21)19(27)25-9-11-26(12-10-25)20-22-7-4-8-23-20/h3-8,13,16H,9-12,15H2,1-2H3. The highest BCUT2D eigenvalue weighted by molar-refractivity contribution is 5.81. The van der Waals surface area contributed by atoms with Gasteiger partial charge < -0.3 is 9.80 Å². The molecule has 0 saturated carbocycles. The summed E-state index contributed by atoms with van der Waals surface area (Å²) in [7, 11) is 1.94. The van der Waals surface area contributed by atoms with Crippen molar-refractivity contribution >= 4 is 11.9 Å². The molecule has 27 heavy (non-hydrogen) atoms. The van der Waals surface area contributed by atoms with Gasteiger partial charge in [-0.3, -0.25) is 9.69 Å². The molecule has 0 bridgehead atoms. The largest absolute Gasteiger partial charge is 0.338 e. The van der Waals surface area contributed by atoms with E-state index in [1.54, 1.807) is 24.5 Å². The molecule has 0 aliphatic carbocycles. The number of nitrogens with zero attached hydrogens (tertiary/aromatic N) is 6. The van der Waals surface area contributed by atoms with Gasteiger partial charge in [-0.2, -0.15) is 5.26 Å². The van der Waals surface area contributed by atoms with Crippen LogP contribution in [0.2, 0.25) is 0 Å². The highest BCUT2D eigenvalue weighted by atomic mass is 16.2. The lowest BCUT2D eigenvalue weighted by molar-refractivity contribution is -0.136. The van der Waals surface area contributed by atoms with Gasteiger partial charge >= 0.3 is 0 Å². The average Bonchev–Trinajstić information content (AvgIpc) is 2.73. The van der Waals surface area contributed by atoms with E-state index in [0.29, 0.717) is 31.1 Å². The molecule has 7 heteroatoms. The molecule has 1 unspecified atom stereocenters. The molecule has 0 radical (unpaired) electrons. The van der Waals surface area contributed by atoms with E-state index in [1.807, 2.05) is 42.0 Å².